The summed E-state index contributed by atoms with van der Waals surface area (Å²) in [6.45, 7) is 4.95. The van der Waals surface area contributed by atoms with Crippen LogP contribution in [0.15, 0.2) is 61.1 Å². The molecule has 6 heteroatoms. The minimum atomic E-state index is 0.362. The summed E-state index contributed by atoms with van der Waals surface area (Å²) in [6, 6.07) is 14.1. The number of aromatic nitrogens is 5. The van der Waals surface area contributed by atoms with E-state index in [9.17, 15) is 0 Å². The summed E-state index contributed by atoms with van der Waals surface area (Å²) >= 11 is 0. The summed E-state index contributed by atoms with van der Waals surface area (Å²) in [7, 11) is 0. The van der Waals surface area contributed by atoms with Gasteiger partial charge in [0.15, 0.2) is 5.65 Å². The van der Waals surface area contributed by atoms with Gasteiger partial charge in [0.25, 0.3) is 0 Å². The molecular formula is C19H20N6. The second kappa shape index (κ2) is 6.39. The monoisotopic (exact) mass is 332 g/mol. The molecule has 0 aliphatic carbocycles. The number of hydrogen-bond acceptors (Lipinski definition) is 4. The van der Waals surface area contributed by atoms with Crippen LogP contribution in [0.1, 0.15) is 31.0 Å². The van der Waals surface area contributed by atoms with Crippen molar-refractivity contribution in [3.8, 4) is 5.69 Å². The van der Waals surface area contributed by atoms with E-state index in [1.54, 1.807) is 6.20 Å². The Morgan fingerprint density at radius 3 is 2.72 bits per heavy atom. The van der Waals surface area contributed by atoms with Gasteiger partial charge in [0, 0.05) is 36.1 Å². The second-order valence-corrected chi connectivity index (χ2v) is 6.30. The number of fused-ring (bicyclic) bond motifs is 1. The molecule has 3 heterocycles. The minimum Gasteiger partial charge on any atom is -0.366 e. The lowest BCUT2D eigenvalue weighted by Crippen LogP contribution is -2.07. The van der Waals surface area contributed by atoms with Gasteiger partial charge in [-0.3, -0.25) is 0 Å². The highest BCUT2D eigenvalue weighted by atomic mass is 15.3. The van der Waals surface area contributed by atoms with E-state index in [-0.39, 0.29) is 0 Å². The van der Waals surface area contributed by atoms with Crippen LogP contribution in [0.25, 0.3) is 11.3 Å². The van der Waals surface area contributed by atoms with Crippen molar-refractivity contribution < 1.29 is 0 Å². The lowest BCUT2D eigenvalue weighted by atomic mass is 10.1. The molecular weight excluding hydrogens is 312 g/mol. The van der Waals surface area contributed by atoms with E-state index in [4.69, 9.17) is 0 Å². The fraction of sp³-hybridized carbons (Fsp3) is 0.211. The maximum absolute atomic E-state index is 4.64. The van der Waals surface area contributed by atoms with Crippen molar-refractivity contribution in [2.24, 2.45) is 0 Å². The first kappa shape index (κ1) is 15.4. The largest absolute Gasteiger partial charge is 0.366 e. The molecule has 0 saturated carbocycles. The average Bonchev–Trinajstić information content (AvgIpc) is 3.29. The fourth-order valence-electron chi connectivity index (χ4n) is 2.72. The first-order chi connectivity index (χ1) is 12.2. The SMILES string of the molecule is CC(C)c1cc(NCc2cnn(-c3ccccc3)c2)n2nccc2n1. The maximum atomic E-state index is 4.64. The van der Waals surface area contributed by atoms with Gasteiger partial charge in [0.1, 0.15) is 5.82 Å². The van der Waals surface area contributed by atoms with Gasteiger partial charge >= 0.3 is 0 Å². The molecule has 0 amide bonds. The molecule has 0 aliphatic rings. The van der Waals surface area contributed by atoms with Crippen molar-refractivity contribution in [2.75, 3.05) is 5.32 Å². The molecule has 0 aliphatic heterocycles. The van der Waals surface area contributed by atoms with Crippen molar-refractivity contribution in [2.45, 2.75) is 26.3 Å². The minimum absolute atomic E-state index is 0.362. The number of hydrogen-bond donors (Lipinski definition) is 1. The number of nitrogens with zero attached hydrogens (tertiary/aromatic N) is 5. The molecule has 6 nitrogen and oxygen atoms in total. The van der Waals surface area contributed by atoms with E-state index in [1.807, 2.05) is 58.0 Å². The smallest absolute Gasteiger partial charge is 0.157 e. The number of para-hydroxylation sites is 1. The van der Waals surface area contributed by atoms with Crippen molar-refractivity contribution in [3.63, 3.8) is 0 Å². The zero-order valence-corrected chi connectivity index (χ0v) is 14.3. The third-order valence-electron chi connectivity index (χ3n) is 4.10. The third kappa shape index (κ3) is 3.10. The third-order valence-corrected chi connectivity index (χ3v) is 4.10. The molecule has 0 saturated heterocycles. The summed E-state index contributed by atoms with van der Waals surface area (Å²) in [6.07, 6.45) is 5.68. The Bertz CT molecular complexity index is 984. The van der Waals surface area contributed by atoms with Crippen LogP contribution in [0.4, 0.5) is 5.82 Å². The fourth-order valence-corrected chi connectivity index (χ4v) is 2.72. The van der Waals surface area contributed by atoms with Crippen LogP contribution >= 0.6 is 0 Å². The van der Waals surface area contributed by atoms with Gasteiger partial charge in [-0.25, -0.2) is 9.67 Å². The summed E-state index contributed by atoms with van der Waals surface area (Å²) in [5.74, 6) is 1.30. The molecule has 0 spiro atoms. The van der Waals surface area contributed by atoms with E-state index >= 15 is 0 Å². The van der Waals surface area contributed by atoms with E-state index in [0.717, 1.165) is 28.4 Å². The van der Waals surface area contributed by atoms with Crippen LogP contribution in [0.2, 0.25) is 0 Å². The van der Waals surface area contributed by atoms with Gasteiger partial charge in [0.05, 0.1) is 18.1 Å². The van der Waals surface area contributed by atoms with Gasteiger partial charge in [-0.1, -0.05) is 32.0 Å². The Morgan fingerprint density at radius 2 is 1.92 bits per heavy atom. The molecule has 0 atom stereocenters. The second-order valence-electron chi connectivity index (χ2n) is 6.30. The van der Waals surface area contributed by atoms with Crippen molar-refractivity contribution in [1.29, 1.82) is 0 Å². The van der Waals surface area contributed by atoms with Crippen molar-refractivity contribution >= 4 is 11.5 Å². The number of nitrogens with one attached hydrogen (secondary N) is 1. The molecule has 25 heavy (non-hydrogen) atoms. The Hall–Kier alpha value is -3.15. The lowest BCUT2D eigenvalue weighted by molar-refractivity contribution is 0.808. The predicted molar refractivity (Wildman–Crippen MR) is 98.0 cm³/mol. The van der Waals surface area contributed by atoms with Crippen LogP contribution in [0.5, 0.6) is 0 Å². The molecule has 0 radical (unpaired) electrons. The van der Waals surface area contributed by atoms with Crippen LogP contribution in [-0.2, 0) is 6.54 Å². The molecule has 3 aromatic heterocycles. The van der Waals surface area contributed by atoms with E-state index in [2.05, 4.69) is 40.4 Å². The first-order valence-corrected chi connectivity index (χ1v) is 8.38. The quantitative estimate of drug-likeness (QED) is 0.606. The van der Waals surface area contributed by atoms with E-state index in [1.165, 1.54) is 0 Å². The van der Waals surface area contributed by atoms with Gasteiger partial charge in [0.2, 0.25) is 0 Å². The molecule has 4 aromatic rings. The van der Waals surface area contributed by atoms with Gasteiger partial charge in [-0.15, -0.1) is 0 Å². The summed E-state index contributed by atoms with van der Waals surface area (Å²) in [4.78, 5) is 4.64. The molecule has 0 fully saturated rings. The molecule has 1 N–H and O–H groups in total. The summed E-state index contributed by atoms with van der Waals surface area (Å²) in [5.41, 5.74) is 4.06. The van der Waals surface area contributed by atoms with Crippen molar-refractivity contribution in [3.05, 3.63) is 72.3 Å². The zero-order chi connectivity index (χ0) is 17.2. The molecule has 126 valence electrons. The topological polar surface area (TPSA) is 60.0 Å². The van der Waals surface area contributed by atoms with Crippen LogP contribution in [0.3, 0.4) is 0 Å². The molecule has 0 unspecified atom stereocenters. The lowest BCUT2D eigenvalue weighted by Gasteiger charge is -2.11. The van der Waals surface area contributed by atoms with Gasteiger partial charge in [-0.05, 0) is 18.1 Å². The Labute approximate surface area is 146 Å². The zero-order valence-electron chi connectivity index (χ0n) is 14.3. The predicted octanol–water partition coefficient (Wildman–Crippen LogP) is 3.65. The Balaban J connectivity index is 1.57. The highest BCUT2D eigenvalue weighted by molar-refractivity contribution is 5.49. The maximum Gasteiger partial charge on any atom is 0.157 e. The highest BCUT2D eigenvalue weighted by Crippen LogP contribution is 2.19. The first-order valence-electron chi connectivity index (χ1n) is 8.38. The summed E-state index contributed by atoms with van der Waals surface area (Å²) < 4.78 is 3.71. The average molecular weight is 332 g/mol. The highest BCUT2D eigenvalue weighted by Gasteiger charge is 2.09. The summed E-state index contributed by atoms with van der Waals surface area (Å²) in [5, 5.41) is 12.3. The normalized spacial score (nSPS) is 11.3. The van der Waals surface area contributed by atoms with Crippen LogP contribution in [-0.4, -0.2) is 24.4 Å². The standard InChI is InChI=1S/C19H20N6/c1-14(2)17-10-19(25-18(23-17)8-9-21-25)20-11-15-12-22-24(13-15)16-6-4-3-5-7-16/h3-10,12-14,20H,11H2,1-2H3. The Kier molecular flexibility index (Phi) is 3.93. The molecule has 4 rings (SSSR count). The van der Waals surface area contributed by atoms with E-state index in [0.29, 0.717) is 12.5 Å². The van der Waals surface area contributed by atoms with Crippen LogP contribution < -0.4 is 5.32 Å². The number of rotatable bonds is 5. The molecule has 0 bridgehead atoms. The van der Waals surface area contributed by atoms with Gasteiger partial charge < -0.3 is 5.32 Å². The number of anilines is 1. The molecule has 1 aromatic carbocycles. The van der Waals surface area contributed by atoms with E-state index < -0.39 is 0 Å². The van der Waals surface area contributed by atoms with Crippen LogP contribution in [0, 0.1) is 0 Å². The van der Waals surface area contributed by atoms with Crippen molar-refractivity contribution in [1.82, 2.24) is 24.4 Å². The Morgan fingerprint density at radius 1 is 1.08 bits per heavy atom. The number of benzene rings is 1. The van der Waals surface area contributed by atoms with Gasteiger partial charge in [-0.2, -0.15) is 14.7 Å².